The van der Waals surface area contributed by atoms with E-state index in [1.165, 1.54) is 0 Å². The highest BCUT2D eigenvalue weighted by Gasteiger charge is 2.28. The minimum Gasteiger partial charge on any atom is -0.454 e. The van der Waals surface area contributed by atoms with Crippen LogP contribution in [0.3, 0.4) is 0 Å². The maximum absolute atomic E-state index is 5.96. The topological polar surface area (TPSA) is 39.7 Å². The molecule has 1 N–H and O–H groups in total. The molecule has 0 radical (unpaired) electrons. The Bertz CT molecular complexity index is 419. The van der Waals surface area contributed by atoms with Crippen LogP contribution in [0, 0.1) is 5.92 Å². The van der Waals surface area contributed by atoms with Crippen LogP contribution >= 0.6 is 0 Å². The molecule has 0 aromatic heterocycles. The Morgan fingerprint density at radius 3 is 2.82 bits per heavy atom. The van der Waals surface area contributed by atoms with Gasteiger partial charge in [0.1, 0.15) is 6.23 Å². The summed E-state index contributed by atoms with van der Waals surface area (Å²) >= 11 is 0. The third-order valence-corrected chi connectivity index (χ3v) is 3.19. The lowest BCUT2D eigenvalue weighted by Gasteiger charge is -2.16. The molecule has 2 heterocycles. The highest BCUT2D eigenvalue weighted by molar-refractivity contribution is 5.45. The van der Waals surface area contributed by atoms with E-state index in [9.17, 15) is 0 Å². The normalized spacial score (nSPS) is 26.8. The molecule has 0 bridgehead atoms. The van der Waals surface area contributed by atoms with Crippen molar-refractivity contribution < 1.29 is 14.2 Å². The van der Waals surface area contributed by atoms with E-state index in [1.807, 2.05) is 18.2 Å². The van der Waals surface area contributed by atoms with Crippen LogP contribution in [0.2, 0.25) is 0 Å². The molecule has 3 rings (SSSR count). The summed E-state index contributed by atoms with van der Waals surface area (Å²) in [5, 5.41) is 3.38. The molecule has 2 unspecified atom stereocenters. The quantitative estimate of drug-likeness (QED) is 0.851. The van der Waals surface area contributed by atoms with Gasteiger partial charge in [-0.3, -0.25) is 5.32 Å². The van der Waals surface area contributed by atoms with Crippen molar-refractivity contribution in [2.45, 2.75) is 26.2 Å². The van der Waals surface area contributed by atoms with E-state index in [2.05, 4.69) is 19.2 Å². The molecule has 2 aliphatic heterocycles. The Morgan fingerprint density at radius 2 is 2.06 bits per heavy atom. The third-order valence-electron chi connectivity index (χ3n) is 3.19. The summed E-state index contributed by atoms with van der Waals surface area (Å²) < 4.78 is 16.6. The van der Waals surface area contributed by atoms with Gasteiger partial charge in [0.2, 0.25) is 6.79 Å². The molecule has 4 heteroatoms. The highest BCUT2D eigenvalue weighted by atomic mass is 16.7. The maximum Gasteiger partial charge on any atom is 0.231 e. The Kier molecular flexibility index (Phi) is 2.68. The number of fused-ring (bicyclic) bond motifs is 1. The minimum absolute atomic E-state index is 0.108. The molecule has 0 amide bonds. The van der Waals surface area contributed by atoms with Crippen molar-refractivity contribution in [1.82, 2.24) is 5.32 Å². The van der Waals surface area contributed by atoms with E-state index >= 15 is 0 Å². The van der Waals surface area contributed by atoms with Gasteiger partial charge in [0.05, 0.1) is 6.10 Å². The van der Waals surface area contributed by atoms with Crippen LogP contribution in [-0.4, -0.2) is 19.6 Å². The Hall–Kier alpha value is -1.26. The molecular formula is C13H17NO3. The van der Waals surface area contributed by atoms with Crippen LogP contribution in [0.4, 0.5) is 0 Å². The summed E-state index contributed by atoms with van der Waals surface area (Å²) in [5.41, 5.74) is 1.14. The number of hydrogen-bond donors (Lipinski definition) is 1. The standard InChI is InChI=1S/C13H17NO3/c1-8(2)13-14-6-12(17-13)9-3-4-10-11(5-9)16-7-15-10/h3-5,8,12-14H,6-7H2,1-2H3. The van der Waals surface area contributed by atoms with Crippen molar-refractivity contribution >= 4 is 0 Å². The number of rotatable bonds is 2. The molecule has 1 saturated heterocycles. The Balaban J connectivity index is 1.77. The monoisotopic (exact) mass is 235 g/mol. The SMILES string of the molecule is CC(C)C1NCC(c2ccc3c(c2)OCO3)O1. The fraction of sp³-hybridized carbons (Fsp3) is 0.538. The van der Waals surface area contributed by atoms with E-state index in [-0.39, 0.29) is 12.3 Å². The summed E-state index contributed by atoms with van der Waals surface area (Å²) in [6, 6.07) is 6.00. The number of benzene rings is 1. The number of ether oxygens (including phenoxy) is 3. The molecule has 1 aromatic rings. The largest absolute Gasteiger partial charge is 0.454 e. The molecule has 0 saturated carbocycles. The van der Waals surface area contributed by atoms with E-state index < -0.39 is 0 Å². The van der Waals surface area contributed by atoms with Crippen LogP contribution in [-0.2, 0) is 4.74 Å². The van der Waals surface area contributed by atoms with Crippen LogP contribution in [0.15, 0.2) is 18.2 Å². The average Bonchev–Trinajstić information content (AvgIpc) is 2.97. The fourth-order valence-electron chi connectivity index (χ4n) is 2.20. The van der Waals surface area contributed by atoms with Crippen molar-refractivity contribution in [2.75, 3.05) is 13.3 Å². The van der Waals surface area contributed by atoms with Crippen LogP contribution < -0.4 is 14.8 Å². The van der Waals surface area contributed by atoms with Crippen molar-refractivity contribution in [3.05, 3.63) is 23.8 Å². The van der Waals surface area contributed by atoms with Gasteiger partial charge < -0.3 is 14.2 Å². The molecule has 4 nitrogen and oxygen atoms in total. The van der Waals surface area contributed by atoms with Crippen LogP contribution in [0.25, 0.3) is 0 Å². The zero-order valence-corrected chi connectivity index (χ0v) is 10.1. The summed E-state index contributed by atoms with van der Waals surface area (Å²) in [4.78, 5) is 0. The summed E-state index contributed by atoms with van der Waals surface area (Å²) in [7, 11) is 0. The number of nitrogens with one attached hydrogen (secondary N) is 1. The first-order chi connectivity index (χ1) is 8.24. The van der Waals surface area contributed by atoms with E-state index in [4.69, 9.17) is 14.2 Å². The number of hydrogen-bond acceptors (Lipinski definition) is 4. The van der Waals surface area contributed by atoms with Gasteiger partial charge in [-0.15, -0.1) is 0 Å². The van der Waals surface area contributed by atoms with Gasteiger partial charge in [0, 0.05) is 6.54 Å². The van der Waals surface area contributed by atoms with Crippen molar-refractivity contribution in [3.8, 4) is 11.5 Å². The zero-order chi connectivity index (χ0) is 11.8. The first-order valence-electron chi connectivity index (χ1n) is 6.02. The first-order valence-corrected chi connectivity index (χ1v) is 6.02. The second-order valence-corrected chi connectivity index (χ2v) is 4.81. The average molecular weight is 235 g/mol. The maximum atomic E-state index is 5.96. The van der Waals surface area contributed by atoms with Gasteiger partial charge in [0.15, 0.2) is 11.5 Å². The first kappa shape index (κ1) is 10.9. The smallest absolute Gasteiger partial charge is 0.231 e. The predicted octanol–water partition coefficient (Wildman–Crippen LogP) is 2.06. The molecular weight excluding hydrogens is 218 g/mol. The molecule has 1 aromatic carbocycles. The minimum atomic E-state index is 0.108. The molecule has 2 atom stereocenters. The van der Waals surface area contributed by atoms with E-state index in [0.717, 1.165) is 23.6 Å². The molecule has 1 fully saturated rings. The Morgan fingerprint density at radius 1 is 1.24 bits per heavy atom. The molecule has 92 valence electrons. The summed E-state index contributed by atoms with van der Waals surface area (Å²) in [6.07, 6.45) is 0.252. The van der Waals surface area contributed by atoms with Crippen LogP contribution in [0.5, 0.6) is 11.5 Å². The lowest BCUT2D eigenvalue weighted by molar-refractivity contribution is 0.0135. The van der Waals surface area contributed by atoms with E-state index in [0.29, 0.717) is 12.7 Å². The van der Waals surface area contributed by atoms with Crippen LogP contribution in [0.1, 0.15) is 25.5 Å². The highest BCUT2D eigenvalue weighted by Crippen LogP contribution is 2.36. The van der Waals surface area contributed by atoms with Gasteiger partial charge in [-0.2, -0.15) is 0 Å². The fourth-order valence-corrected chi connectivity index (χ4v) is 2.20. The molecule has 0 spiro atoms. The molecule has 17 heavy (non-hydrogen) atoms. The molecule has 2 aliphatic rings. The van der Waals surface area contributed by atoms with Gasteiger partial charge >= 0.3 is 0 Å². The Labute approximate surface area is 101 Å². The van der Waals surface area contributed by atoms with Gasteiger partial charge in [-0.05, 0) is 23.6 Å². The second-order valence-electron chi connectivity index (χ2n) is 4.81. The summed E-state index contributed by atoms with van der Waals surface area (Å²) in [5.74, 6) is 2.12. The zero-order valence-electron chi connectivity index (χ0n) is 10.1. The van der Waals surface area contributed by atoms with Crippen molar-refractivity contribution in [1.29, 1.82) is 0 Å². The predicted molar refractivity (Wildman–Crippen MR) is 63.0 cm³/mol. The summed E-state index contributed by atoms with van der Waals surface area (Å²) in [6.45, 7) is 5.47. The van der Waals surface area contributed by atoms with E-state index in [1.54, 1.807) is 0 Å². The lowest BCUT2D eigenvalue weighted by Crippen LogP contribution is -2.27. The van der Waals surface area contributed by atoms with Crippen molar-refractivity contribution in [2.24, 2.45) is 5.92 Å². The van der Waals surface area contributed by atoms with Gasteiger partial charge in [-0.1, -0.05) is 19.9 Å². The molecule has 0 aliphatic carbocycles. The lowest BCUT2D eigenvalue weighted by atomic mass is 10.1. The third kappa shape index (κ3) is 1.98. The van der Waals surface area contributed by atoms with Gasteiger partial charge in [0.25, 0.3) is 0 Å². The van der Waals surface area contributed by atoms with Crippen molar-refractivity contribution in [3.63, 3.8) is 0 Å². The van der Waals surface area contributed by atoms with Gasteiger partial charge in [-0.25, -0.2) is 0 Å². The second kappa shape index (κ2) is 4.20.